The lowest BCUT2D eigenvalue weighted by Gasteiger charge is -2.31. The topological polar surface area (TPSA) is 83.8 Å². The number of imide groups is 1. The van der Waals surface area contributed by atoms with Gasteiger partial charge in [-0.3, -0.25) is 18.9 Å². The maximum Gasteiger partial charge on any atom is 0.325 e. The number of pyridine rings is 1. The lowest BCUT2D eigenvalue weighted by Crippen LogP contribution is -2.46. The number of carbonyl (C=O) groups is 2. The molecular formula is C20H18N4O3S. The van der Waals surface area contributed by atoms with Crippen LogP contribution in [0.1, 0.15) is 34.5 Å². The van der Waals surface area contributed by atoms with Crippen molar-refractivity contribution in [2.24, 2.45) is 0 Å². The lowest BCUT2D eigenvalue weighted by atomic mass is 9.80. The standard InChI is InChI=1S/C20H18N4O3S/c1-12-4-7-23-16(9-12)21-13(10-17(23)25)11-24-18(26)20(22-19(24)27)6-2-3-15-14(20)5-8-28-15/h4-5,7-10H,2-3,6,11H2,1H3,(H,22,27)/t20-/m0/s1. The van der Waals surface area contributed by atoms with Crippen LogP contribution >= 0.6 is 11.3 Å². The van der Waals surface area contributed by atoms with E-state index < -0.39 is 11.6 Å². The molecule has 1 N–H and O–H groups in total. The summed E-state index contributed by atoms with van der Waals surface area (Å²) < 4.78 is 1.45. The average molecular weight is 394 g/mol. The van der Waals surface area contributed by atoms with E-state index in [-0.39, 0.29) is 18.0 Å². The second-order valence-electron chi connectivity index (χ2n) is 7.36. The molecule has 1 aliphatic heterocycles. The molecule has 0 bridgehead atoms. The van der Waals surface area contributed by atoms with Crippen LogP contribution in [0.3, 0.4) is 0 Å². The summed E-state index contributed by atoms with van der Waals surface area (Å²) in [5, 5.41) is 4.89. The largest absolute Gasteiger partial charge is 0.325 e. The molecule has 0 radical (unpaired) electrons. The summed E-state index contributed by atoms with van der Waals surface area (Å²) in [6.45, 7) is 1.90. The third kappa shape index (κ3) is 2.41. The number of aromatic nitrogens is 2. The van der Waals surface area contributed by atoms with E-state index in [1.54, 1.807) is 23.6 Å². The number of nitrogens with one attached hydrogen (secondary N) is 1. The van der Waals surface area contributed by atoms with E-state index >= 15 is 0 Å². The quantitative estimate of drug-likeness (QED) is 0.677. The van der Waals surface area contributed by atoms with Crippen LogP contribution in [0.15, 0.2) is 40.6 Å². The number of urea groups is 1. The molecule has 28 heavy (non-hydrogen) atoms. The first-order chi connectivity index (χ1) is 13.5. The van der Waals surface area contributed by atoms with E-state index in [9.17, 15) is 14.4 Å². The fraction of sp³-hybridized carbons (Fsp3) is 0.300. The number of fused-ring (bicyclic) bond motifs is 3. The Labute approximate surface area is 164 Å². The van der Waals surface area contributed by atoms with E-state index in [1.165, 1.54) is 15.4 Å². The van der Waals surface area contributed by atoms with Crippen molar-refractivity contribution < 1.29 is 9.59 Å². The monoisotopic (exact) mass is 394 g/mol. The Morgan fingerprint density at radius 1 is 1.25 bits per heavy atom. The minimum atomic E-state index is -0.979. The number of amides is 3. The maximum atomic E-state index is 13.3. The molecule has 5 rings (SSSR count). The number of hydrogen-bond donors (Lipinski definition) is 1. The number of rotatable bonds is 2. The second-order valence-corrected chi connectivity index (χ2v) is 8.36. The zero-order chi connectivity index (χ0) is 19.5. The normalized spacial score (nSPS) is 21.4. The Bertz CT molecular complexity index is 1200. The number of aryl methyl sites for hydroxylation is 2. The van der Waals surface area contributed by atoms with Crippen LogP contribution in [-0.4, -0.2) is 26.2 Å². The molecule has 1 fully saturated rings. The van der Waals surface area contributed by atoms with Gasteiger partial charge in [0.05, 0.1) is 12.2 Å². The van der Waals surface area contributed by atoms with Gasteiger partial charge in [-0.2, -0.15) is 0 Å². The van der Waals surface area contributed by atoms with Gasteiger partial charge in [-0.1, -0.05) is 0 Å². The van der Waals surface area contributed by atoms with Crippen LogP contribution in [0.4, 0.5) is 4.79 Å². The molecule has 2 aliphatic rings. The van der Waals surface area contributed by atoms with Crippen molar-refractivity contribution >= 4 is 28.9 Å². The van der Waals surface area contributed by atoms with Crippen molar-refractivity contribution in [3.05, 3.63) is 67.9 Å². The highest BCUT2D eigenvalue weighted by Gasteiger charge is 2.54. The first-order valence-corrected chi connectivity index (χ1v) is 10.1. The van der Waals surface area contributed by atoms with Crippen LogP contribution in [0.25, 0.3) is 5.65 Å². The molecule has 1 saturated heterocycles. The van der Waals surface area contributed by atoms with Gasteiger partial charge in [0.2, 0.25) is 0 Å². The molecule has 4 heterocycles. The molecule has 0 saturated carbocycles. The first kappa shape index (κ1) is 17.1. The number of carbonyl (C=O) groups excluding carboxylic acids is 2. The zero-order valence-electron chi connectivity index (χ0n) is 15.3. The second kappa shape index (κ2) is 6.00. The van der Waals surface area contributed by atoms with Gasteiger partial charge in [0.1, 0.15) is 11.2 Å². The predicted molar refractivity (Wildman–Crippen MR) is 104 cm³/mol. The van der Waals surface area contributed by atoms with Gasteiger partial charge in [-0.15, -0.1) is 11.3 Å². The molecule has 3 amide bonds. The maximum absolute atomic E-state index is 13.3. The summed E-state index contributed by atoms with van der Waals surface area (Å²) in [6, 6.07) is 6.51. The van der Waals surface area contributed by atoms with Crippen molar-refractivity contribution in [3.8, 4) is 0 Å². The highest BCUT2D eigenvalue weighted by molar-refractivity contribution is 7.10. The molecule has 3 aromatic heterocycles. The molecule has 7 nitrogen and oxygen atoms in total. The zero-order valence-corrected chi connectivity index (χ0v) is 16.1. The van der Waals surface area contributed by atoms with E-state index in [4.69, 9.17) is 0 Å². The fourth-order valence-corrected chi connectivity index (χ4v) is 5.18. The van der Waals surface area contributed by atoms with Gasteiger partial charge in [-0.05, 0) is 55.3 Å². The Hall–Kier alpha value is -3.00. The van der Waals surface area contributed by atoms with Crippen LogP contribution in [0, 0.1) is 6.92 Å². The summed E-state index contributed by atoms with van der Waals surface area (Å²) in [4.78, 5) is 45.2. The molecular weight excluding hydrogens is 376 g/mol. The molecule has 8 heteroatoms. The third-order valence-electron chi connectivity index (χ3n) is 5.53. The average Bonchev–Trinajstić information content (AvgIpc) is 3.22. The number of nitrogens with zero attached hydrogens (tertiary/aromatic N) is 3. The van der Waals surface area contributed by atoms with Crippen molar-refractivity contribution in [3.63, 3.8) is 0 Å². The highest BCUT2D eigenvalue weighted by atomic mass is 32.1. The van der Waals surface area contributed by atoms with Crippen LogP contribution in [0.2, 0.25) is 0 Å². The minimum absolute atomic E-state index is 0.0223. The summed E-state index contributed by atoms with van der Waals surface area (Å²) in [5.74, 6) is -0.261. The van der Waals surface area contributed by atoms with E-state index in [0.717, 1.165) is 28.8 Å². The smallest absolute Gasteiger partial charge is 0.319 e. The Balaban J connectivity index is 1.52. The molecule has 1 spiro atoms. The molecule has 0 aromatic carbocycles. The van der Waals surface area contributed by atoms with Crippen LogP contribution in [-0.2, 0) is 23.3 Å². The Kier molecular flexibility index (Phi) is 3.67. The van der Waals surface area contributed by atoms with Crippen molar-refractivity contribution in [2.75, 3.05) is 0 Å². The van der Waals surface area contributed by atoms with Gasteiger partial charge in [0, 0.05) is 22.7 Å². The van der Waals surface area contributed by atoms with E-state index in [0.29, 0.717) is 17.8 Å². The number of thiophene rings is 1. The summed E-state index contributed by atoms with van der Waals surface area (Å²) in [6.07, 6.45) is 4.04. The molecule has 1 aliphatic carbocycles. The van der Waals surface area contributed by atoms with Crippen LogP contribution < -0.4 is 10.9 Å². The minimum Gasteiger partial charge on any atom is -0.319 e. The number of hydrogen-bond acceptors (Lipinski definition) is 5. The molecule has 3 aromatic rings. The van der Waals surface area contributed by atoms with Gasteiger partial charge in [-0.25, -0.2) is 9.78 Å². The van der Waals surface area contributed by atoms with Gasteiger partial charge < -0.3 is 5.32 Å². The van der Waals surface area contributed by atoms with Crippen LogP contribution in [0.5, 0.6) is 0 Å². The summed E-state index contributed by atoms with van der Waals surface area (Å²) in [7, 11) is 0. The van der Waals surface area contributed by atoms with Gasteiger partial charge in [0.25, 0.3) is 11.5 Å². The van der Waals surface area contributed by atoms with Gasteiger partial charge in [0.15, 0.2) is 0 Å². The van der Waals surface area contributed by atoms with Crippen molar-refractivity contribution in [1.29, 1.82) is 0 Å². The SMILES string of the molecule is Cc1ccn2c(=O)cc(CN3C(=O)N[C@]4(CCCc5sccc54)C3=O)nc2c1. The Morgan fingerprint density at radius 2 is 2.11 bits per heavy atom. The highest BCUT2D eigenvalue weighted by Crippen LogP contribution is 2.42. The Morgan fingerprint density at radius 3 is 2.96 bits per heavy atom. The molecule has 1 atom stereocenters. The van der Waals surface area contributed by atoms with E-state index in [1.807, 2.05) is 24.4 Å². The fourth-order valence-electron chi connectivity index (χ4n) is 4.18. The third-order valence-corrected chi connectivity index (χ3v) is 6.51. The van der Waals surface area contributed by atoms with Crippen molar-refractivity contribution in [1.82, 2.24) is 19.6 Å². The summed E-state index contributed by atoms with van der Waals surface area (Å²) >= 11 is 1.62. The first-order valence-electron chi connectivity index (χ1n) is 9.18. The van der Waals surface area contributed by atoms with Gasteiger partial charge >= 0.3 is 6.03 Å². The summed E-state index contributed by atoms with van der Waals surface area (Å²) in [5.41, 5.74) is 1.57. The predicted octanol–water partition coefficient (Wildman–Crippen LogP) is 2.35. The van der Waals surface area contributed by atoms with E-state index in [2.05, 4.69) is 10.3 Å². The molecule has 0 unspecified atom stereocenters. The molecule has 142 valence electrons. The van der Waals surface area contributed by atoms with Crippen molar-refractivity contribution in [2.45, 2.75) is 38.3 Å². The lowest BCUT2D eigenvalue weighted by molar-refractivity contribution is -0.132.